The molecule has 0 bridgehead atoms. The van der Waals surface area contributed by atoms with Crippen molar-refractivity contribution < 1.29 is 9.59 Å². The number of halogens is 1. The number of benzene rings is 2. The van der Waals surface area contributed by atoms with Crippen molar-refractivity contribution in [1.29, 1.82) is 0 Å². The molecule has 4 rings (SSSR count). The van der Waals surface area contributed by atoms with Gasteiger partial charge in [-0.15, -0.1) is 0 Å². The van der Waals surface area contributed by atoms with Crippen LogP contribution in [0.2, 0.25) is 0 Å². The zero-order valence-electron chi connectivity index (χ0n) is 17.3. The maximum atomic E-state index is 13.3. The van der Waals surface area contributed by atoms with E-state index in [2.05, 4.69) is 36.9 Å². The second-order valence-corrected chi connectivity index (χ2v) is 8.60. The van der Waals surface area contributed by atoms with Crippen LogP contribution in [0.4, 0.5) is 17.2 Å². The smallest absolute Gasteiger partial charge is 0.252 e. The van der Waals surface area contributed by atoms with E-state index in [0.717, 1.165) is 34.1 Å². The third kappa shape index (κ3) is 4.32. The summed E-state index contributed by atoms with van der Waals surface area (Å²) >= 11 is 3.49. The fourth-order valence-electron chi connectivity index (χ4n) is 3.57. The van der Waals surface area contributed by atoms with Crippen LogP contribution in [0.5, 0.6) is 0 Å². The van der Waals surface area contributed by atoms with E-state index in [1.54, 1.807) is 13.1 Å². The number of hydrogen-bond acceptors (Lipinski definition) is 4. The summed E-state index contributed by atoms with van der Waals surface area (Å²) in [6.07, 6.45) is 3.05. The summed E-state index contributed by atoms with van der Waals surface area (Å²) in [4.78, 5) is 29.9. The van der Waals surface area contributed by atoms with E-state index in [-0.39, 0.29) is 11.8 Å². The molecule has 2 aromatic carbocycles. The molecule has 1 heterocycles. The van der Waals surface area contributed by atoms with Gasteiger partial charge in [-0.05, 0) is 55.2 Å². The molecule has 31 heavy (non-hydrogen) atoms. The van der Waals surface area contributed by atoms with E-state index in [1.165, 1.54) is 6.20 Å². The minimum absolute atomic E-state index is 0.103. The molecule has 6 nitrogen and oxygen atoms in total. The molecular weight excluding hydrogens is 456 g/mol. The van der Waals surface area contributed by atoms with Gasteiger partial charge in [0.25, 0.3) is 5.91 Å². The normalized spacial score (nSPS) is 13.9. The maximum absolute atomic E-state index is 13.3. The topological polar surface area (TPSA) is 83.1 Å². The Hall–Kier alpha value is -3.19. The first-order valence-electron chi connectivity index (χ1n) is 10.1. The fourth-order valence-corrected chi connectivity index (χ4v) is 3.97. The minimum atomic E-state index is -0.563. The monoisotopic (exact) mass is 478 g/mol. The molecule has 1 aliphatic rings. The number of carbonyl (C=O) groups is 2. The third-order valence-corrected chi connectivity index (χ3v) is 6.08. The Labute approximate surface area is 189 Å². The lowest BCUT2D eigenvalue weighted by Gasteiger charge is -2.19. The zero-order chi connectivity index (χ0) is 22.0. The number of aryl methyl sites for hydroxylation is 1. The second-order valence-electron chi connectivity index (χ2n) is 7.69. The molecule has 0 aliphatic heterocycles. The number of aromatic nitrogens is 1. The highest BCUT2D eigenvalue weighted by Gasteiger charge is 2.51. The largest absolute Gasteiger partial charge is 0.355 e. The van der Waals surface area contributed by atoms with Crippen molar-refractivity contribution in [1.82, 2.24) is 10.3 Å². The molecule has 0 radical (unpaired) electrons. The minimum Gasteiger partial charge on any atom is -0.355 e. The van der Waals surface area contributed by atoms with Gasteiger partial charge in [0.15, 0.2) is 5.82 Å². The number of anilines is 3. The quantitative estimate of drug-likeness (QED) is 0.469. The van der Waals surface area contributed by atoms with Gasteiger partial charge < -0.3 is 16.0 Å². The number of nitrogens with zero attached hydrogens (tertiary/aromatic N) is 1. The van der Waals surface area contributed by atoms with Gasteiger partial charge in [-0.3, -0.25) is 9.59 Å². The van der Waals surface area contributed by atoms with Crippen LogP contribution >= 0.6 is 15.9 Å². The molecule has 158 valence electrons. The molecule has 1 aliphatic carbocycles. The second kappa shape index (κ2) is 8.51. The third-order valence-electron chi connectivity index (χ3n) is 5.59. The van der Waals surface area contributed by atoms with E-state index in [9.17, 15) is 9.59 Å². The number of rotatable bonds is 6. The first-order chi connectivity index (χ1) is 14.9. The van der Waals surface area contributed by atoms with Gasteiger partial charge in [0.05, 0.1) is 16.7 Å². The standard InChI is InChI=1S/C24H23BrN4O2/c1-15-6-3-4-9-19(15)28-21-20(12-16(14-27-21)22(30)26-2)29-23(31)24(10-11-24)17-7-5-8-18(25)13-17/h3-9,12-14H,10-11H2,1-2H3,(H,26,30)(H,27,28)(H,29,31). The van der Waals surface area contributed by atoms with E-state index in [0.29, 0.717) is 17.1 Å². The number of nitrogens with one attached hydrogen (secondary N) is 3. The molecule has 0 spiro atoms. The van der Waals surface area contributed by atoms with Gasteiger partial charge in [0, 0.05) is 23.4 Å². The van der Waals surface area contributed by atoms with E-state index >= 15 is 0 Å². The Bertz CT molecular complexity index is 1160. The summed E-state index contributed by atoms with van der Waals surface area (Å²) in [6.45, 7) is 1.99. The summed E-state index contributed by atoms with van der Waals surface area (Å²) in [5, 5.41) is 8.91. The van der Waals surface area contributed by atoms with Crippen LogP contribution in [0, 0.1) is 6.92 Å². The molecule has 1 saturated carbocycles. The Morgan fingerprint density at radius 1 is 1.03 bits per heavy atom. The van der Waals surface area contributed by atoms with Crippen LogP contribution in [0.3, 0.4) is 0 Å². The molecule has 3 aromatic rings. The van der Waals surface area contributed by atoms with Crippen LogP contribution in [-0.2, 0) is 10.2 Å². The molecule has 0 atom stereocenters. The van der Waals surface area contributed by atoms with Crippen molar-refractivity contribution in [3.63, 3.8) is 0 Å². The number of carbonyl (C=O) groups excluding carboxylic acids is 2. The highest BCUT2D eigenvalue weighted by atomic mass is 79.9. The van der Waals surface area contributed by atoms with E-state index < -0.39 is 5.41 Å². The van der Waals surface area contributed by atoms with Crippen molar-refractivity contribution >= 4 is 44.9 Å². The van der Waals surface area contributed by atoms with Crippen LogP contribution in [0.1, 0.15) is 34.3 Å². The van der Waals surface area contributed by atoms with Gasteiger partial charge in [-0.2, -0.15) is 0 Å². The van der Waals surface area contributed by atoms with Gasteiger partial charge in [0.2, 0.25) is 5.91 Å². The summed E-state index contributed by atoms with van der Waals surface area (Å²) in [5.41, 5.74) is 3.18. The van der Waals surface area contributed by atoms with Crippen molar-refractivity contribution in [3.8, 4) is 0 Å². The maximum Gasteiger partial charge on any atom is 0.252 e. The van der Waals surface area contributed by atoms with Crippen LogP contribution < -0.4 is 16.0 Å². The number of hydrogen-bond donors (Lipinski definition) is 3. The van der Waals surface area contributed by atoms with Crippen LogP contribution in [0.15, 0.2) is 65.3 Å². The van der Waals surface area contributed by atoms with Gasteiger partial charge in [-0.1, -0.05) is 46.3 Å². The molecule has 7 heteroatoms. The van der Waals surface area contributed by atoms with Crippen molar-refractivity contribution in [2.45, 2.75) is 25.2 Å². The lowest BCUT2D eigenvalue weighted by Crippen LogP contribution is -2.28. The lowest BCUT2D eigenvalue weighted by atomic mass is 9.95. The molecule has 0 saturated heterocycles. The first kappa shape index (κ1) is 21.1. The summed E-state index contributed by atoms with van der Waals surface area (Å²) in [6, 6.07) is 17.3. The zero-order valence-corrected chi connectivity index (χ0v) is 18.9. The molecule has 1 aromatic heterocycles. The van der Waals surface area contributed by atoms with E-state index in [1.807, 2.05) is 55.5 Å². The molecule has 0 unspecified atom stereocenters. The number of pyridine rings is 1. The Morgan fingerprint density at radius 3 is 2.48 bits per heavy atom. The number of para-hydroxylation sites is 1. The molecule has 3 N–H and O–H groups in total. The Morgan fingerprint density at radius 2 is 1.81 bits per heavy atom. The molecule has 2 amide bonds. The van der Waals surface area contributed by atoms with Crippen LogP contribution in [-0.4, -0.2) is 23.8 Å². The molecule has 1 fully saturated rings. The van der Waals surface area contributed by atoms with Crippen molar-refractivity contribution in [2.75, 3.05) is 17.7 Å². The van der Waals surface area contributed by atoms with E-state index in [4.69, 9.17) is 0 Å². The van der Waals surface area contributed by atoms with Gasteiger partial charge >= 0.3 is 0 Å². The average molecular weight is 479 g/mol. The highest BCUT2D eigenvalue weighted by Crippen LogP contribution is 2.49. The summed E-state index contributed by atoms with van der Waals surface area (Å²) in [7, 11) is 1.56. The summed E-state index contributed by atoms with van der Waals surface area (Å²) < 4.78 is 0.939. The SMILES string of the molecule is CNC(=O)c1cnc(Nc2ccccc2C)c(NC(=O)C2(c3cccc(Br)c3)CC2)c1. The molecular formula is C24H23BrN4O2. The van der Waals surface area contributed by atoms with Gasteiger partial charge in [0.1, 0.15) is 0 Å². The summed E-state index contributed by atoms with van der Waals surface area (Å²) in [5.74, 6) is 0.119. The lowest BCUT2D eigenvalue weighted by molar-refractivity contribution is -0.118. The average Bonchev–Trinajstić information content (AvgIpc) is 3.58. The predicted molar refractivity (Wildman–Crippen MR) is 126 cm³/mol. The highest BCUT2D eigenvalue weighted by molar-refractivity contribution is 9.10. The van der Waals surface area contributed by atoms with Crippen LogP contribution in [0.25, 0.3) is 0 Å². The number of amides is 2. The first-order valence-corrected chi connectivity index (χ1v) is 10.8. The Balaban J connectivity index is 1.67. The predicted octanol–water partition coefficient (Wildman–Crippen LogP) is 4.93. The van der Waals surface area contributed by atoms with Gasteiger partial charge in [-0.25, -0.2) is 4.98 Å². The van der Waals surface area contributed by atoms with Crippen molar-refractivity contribution in [2.24, 2.45) is 0 Å². The fraction of sp³-hybridized carbons (Fsp3) is 0.208. The van der Waals surface area contributed by atoms with Crippen molar-refractivity contribution in [3.05, 3.63) is 82.0 Å². The Kier molecular flexibility index (Phi) is 5.78.